The van der Waals surface area contributed by atoms with Gasteiger partial charge in [-0.15, -0.1) is 0 Å². The van der Waals surface area contributed by atoms with Crippen molar-refractivity contribution in [2.75, 3.05) is 28.3 Å². The second-order valence-corrected chi connectivity index (χ2v) is 4.95. The molecule has 0 radical (unpaired) electrons. The molecule has 0 atom stereocenters. The van der Waals surface area contributed by atoms with Crippen LogP contribution in [0.15, 0.2) is 18.2 Å². The zero-order valence-corrected chi connectivity index (χ0v) is 10.8. The molecule has 5 nitrogen and oxygen atoms in total. The van der Waals surface area contributed by atoms with Crippen molar-refractivity contribution >= 4 is 5.91 Å². The van der Waals surface area contributed by atoms with Crippen molar-refractivity contribution in [1.29, 1.82) is 0 Å². The fourth-order valence-corrected chi connectivity index (χ4v) is 1.61. The van der Waals surface area contributed by atoms with Gasteiger partial charge in [0.05, 0.1) is 28.3 Å². The Kier molecular flexibility index (Phi) is 4.09. The quantitative estimate of drug-likeness (QED) is 0.347. The molecule has 94 valence electrons. The molecule has 5 heteroatoms. The molecule has 0 bridgehead atoms. The highest BCUT2D eigenvalue weighted by Crippen LogP contribution is 2.22. The number of ether oxygens (including phenoxy) is 1. The third kappa shape index (κ3) is 3.72. The summed E-state index contributed by atoms with van der Waals surface area (Å²) in [7, 11) is 7.89. The van der Waals surface area contributed by atoms with E-state index in [0.29, 0.717) is 11.3 Å². The highest BCUT2D eigenvalue weighted by molar-refractivity contribution is 5.94. The van der Waals surface area contributed by atoms with Crippen LogP contribution in [-0.4, -0.2) is 38.6 Å². The Balaban J connectivity index is 3.05. The van der Waals surface area contributed by atoms with Crippen LogP contribution in [0, 0.1) is 0 Å². The highest BCUT2D eigenvalue weighted by atomic mass is 16.5. The maximum atomic E-state index is 11.4. The van der Waals surface area contributed by atoms with Gasteiger partial charge in [-0.05, 0) is 18.2 Å². The number of carbonyl (C=O) groups excluding carboxylic acids is 1. The first-order chi connectivity index (χ1) is 7.87. The number of methoxy groups -OCH3 is 1. The zero-order chi connectivity index (χ0) is 13.1. The number of nitrogens with zero attached hydrogens (tertiary/aromatic N) is 1. The molecule has 0 spiro atoms. The number of carbonyl (C=O) groups is 1. The normalized spacial score (nSPS) is 11.1. The first-order valence-corrected chi connectivity index (χ1v) is 5.35. The maximum Gasteiger partial charge on any atom is 0.265 e. The average molecular weight is 238 g/mol. The van der Waals surface area contributed by atoms with E-state index in [9.17, 15) is 4.79 Å². The van der Waals surface area contributed by atoms with Gasteiger partial charge in [-0.3, -0.25) is 10.2 Å². The first-order valence-electron chi connectivity index (χ1n) is 5.35. The summed E-state index contributed by atoms with van der Waals surface area (Å²) in [4.78, 5) is 11.4. The average Bonchev–Trinajstić information content (AvgIpc) is 2.26. The predicted molar refractivity (Wildman–Crippen MR) is 66.4 cm³/mol. The van der Waals surface area contributed by atoms with E-state index < -0.39 is 0 Å². The van der Waals surface area contributed by atoms with Gasteiger partial charge in [-0.25, -0.2) is 5.84 Å². The highest BCUT2D eigenvalue weighted by Gasteiger charge is 2.15. The van der Waals surface area contributed by atoms with Crippen molar-refractivity contribution in [1.82, 2.24) is 5.43 Å². The van der Waals surface area contributed by atoms with Crippen LogP contribution in [0.3, 0.4) is 0 Å². The number of hydrazine groups is 1. The Hall–Kier alpha value is -1.59. The summed E-state index contributed by atoms with van der Waals surface area (Å²) >= 11 is 0. The van der Waals surface area contributed by atoms with E-state index in [2.05, 4.69) is 26.6 Å². The number of rotatable bonds is 4. The van der Waals surface area contributed by atoms with Crippen LogP contribution in [-0.2, 0) is 6.54 Å². The Morgan fingerprint density at radius 3 is 2.53 bits per heavy atom. The molecule has 0 saturated carbocycles. The summed E-state index contributed by atoms with van der Waals surface area (Å²) in [6.45, 7) is 0.827. The lowest BCUT2D eigenvalue weighted by atomic mass is 10.1. The van der Waals surface area contributed by atoms with Crippen molar-refractivity contribution in [3.63, 3.8) is 0 Å². The fraction of sp³-hybridized carbons (Fsp3) is 0.417. The van der Waals surface area contributed by atoms with Gasteiger partial charge in [0.2, 0.25) is 0 Å². The molecule has 17 heavy (non-hydrogen) atoms. The van der Waals surface area contributed by atoms with Gasteiger partial charge in [0.1, 0.15) is 12.3 Å². The number of quaternary nitrogens is 1. The lowest BCUT2D eigenvalue weighted by Gasteiger charge is -2.25. The molecule has 0 aliphatic carbocycles. The predicted octanol–water partition coefficient (Wildman–Crippen LogP) is 0.505. The lowest BCUT2D eigenvalue weighted by Crippen LogP contribution is -2.33. The molecule has 1 aromatic carbocycles. The number of amides is 1. The molecule has 0 fully saturated rings. The second kappa shape index (κ2) is 5.16. The van der Waals surface area contributed by atoms with E-state index in [1.807, 2.05) is 6.07 Å². The molecule has 0 saturated heterocycles. The summed E-state index contributed by atoms with van der Waals surface area (Å²) in [5.74, 6) is 5.48. The monoisotopic (exact) mass is 238 g/mol. The molecule has 1 aromatic rings. The smallest absolute Gasteiger partial charge is 0.265 e. The van der Waals surface area contributed by atoms with E-state index >= 15 is 0 Å². The number of hydrogen-bond donors (Lipinski definition) is 2. The van der Waals surface area contributed by atoms with Crippen LogP contribution in [0.25, 0.3) is 0 Å². The van der Waals surface area contributed by atoms with Crippen LogP contribution in [0.4, 0.5) is 0 Å². The molecule has 1 amide bonds. The zero-order valence-electron chi connectivity index (χ0n) is 10.8. The van der Waals surface area contributed by atoms with Gasteiger partial charge in [0.25, 0.3) is 5.91 Å². The first kappa shape index (κ1) is 13.5. The Bertz CT molecular complexity index is 411. The Morgan fingerprint density at radius 2 is 2.06 bits per heavy atom. The van der Waals surface area contributed by atoms with E-state index in [1.165, 1.54) is 0 Å². The lowest BCUT2D eigenvalue weighted by molar-refractivity contribution is -0.884. The Morgan fingerprint density at radius 1 is 1.41 bits per heavy atom. The number of nitrogens with one attached hydrogen (secondary N) is 1. The number of benzene rings is 1. The summed E-state index contributed by atoms with van der Waals surface area (Å²) in [6, 6.07) is 5.34. The van der Waals surface area contributed by atoms with Crippen molar-refractivity contribution in [2.24, 2.45) is 5.84 Å². The number of hydrogen-bond acceptors (Lipinski definition) is 3. The second-order valence-electron chi connectivity index (χ2n) is 4.95. The third-order valence-electron chi connectivity index (χ3n) is 2.33. The van der Waals surface area contributed by atoms with Crippen molar-refractivity contribution in [3.05, 3.63) is 29.3 Å². The van der Waals surface area contributed by atoms with Crippen molar-refractivity contribution < 1.29 is 14.0 Å². The Labute approximate surface area is 102 Å². The van der Waals surface area contributed by atoms with Gasteiger partial charge < -0.3 is 9.22 Å². The van der Waals surface area contributed by atoms with Gasteiger partial charge >= 0.3 is 0 Å². The fourth-order valence-electron chi connectivity index (χ4n) is 1.61. The van der Waals surface area contributed by atoms with Crippen LogP contribution in [0.5, 0.6) is 5.75 Å². The molecule has 1 rings (SSSR count). The molecule has 0 aliphatic heterocycles. The molecular formula is C12H20N3O2+. The van der Waals surface area contributed by atoms with Gasteiger partial charge in [-0.2, -0.15) is 0 Å². The van der Waals surface area contributed by atoms with Gasteiger partial charge in [-0.1, -0.05) is 0 Å². The van der Waals surface area contributed by atoms with Crippen LogP contribution >= 0.6 is 0 Å². The minimum absolute atomic E-state index is 0.319. The van der Waals surface area contributed by atoms with Gasteiger partial charge in [0.15, 0.2) is 0 Å². The molecule has 0 aliphatic rings. The SMILES string of the molecule is COc1cc(C(=O)NN)ccc1C[N+](C)(C)C. The van der Waals surface area contributed by atoms with Crippen LogP contribution < -0.4 is 16.0 Å². The topological polar surface area (TPSA) is 64.3 Å². The number of nitrogen functional groups attached to an aromatic ring is 1. The summed E-state index contributed by atoms with van der Waals surface area (Å²) in [5, 5.41) is 0. The van der Waals surface area contributed by atoms with Crippen LogP contribution in [0.1, 0.15) is 15.9 Å². The van der Waals surface area contributed by atoms with Crippen LogP contribution in [0.2, 0.25) is 0 Å². The van der Waals surface area contributed by atoms with E-state index in [0.717, 1.165) is 16.6 Å². The maximum absolute atomic E-state index is 11.4. The molecule has 0 heterocycles. The third-order valence-corrected chi connectivity index (χ3v) is 2.33. The molecule has 0 unspecified atom stereocenters. The van der Waals surface area contributed by atoms with Gasteiger partial charge in [0, 0.05) is 11.1 Å². The summed E-state index contributed by atoms with van der Waals surface area (Å²) in [5.41, 5.74) is 3.66. The largest absolute Gasteiger partial charge is 0.496 e. The number of nitrogens with two attached hydrogens (primary N) is 1. The minimum Gasteiger partial charge on any atom is -0.496 e. The standard InChI is InChI=1S/C12H19N3O2/c1-15(2,3)8-10-6-5-9(12(16)14-13)7-11(10)17-4/h5-7H,8,13H2,1-4H3/p+1. The van der Waals surface area contributed by atoms with E-state index in [1.54, 1.807) is 19.2 Å². The van der Waals surface area contributed by atoms with Crippen molar-refractivity contribution in [2.45, 2.75) is 6.54 Å². The molecular weight excluding hydrogens is 218 g/mol. The van der Waals surface area contributed by atoms with E-state index in [-0.39, 0.29) is 5.91 Å². The minimum atomic E-state index is -0.319. The summed E-state index contributed by atoms with van der Waals surface area (Å²) < 4.78 is 6.09. The van der Waals surface area contributed by atoms with E-state index in [4.69, 9.17) is 10.6 Å². The summed E-state index contributed by atoms with van der Waals surface area (Å²) in [6.07, 6.45) is 0. The molecule has 3 N–H and O–H groups in total. The van der Waals surface area contributed by atoms with Crippen molar-refractivity contribution in [3.8, 4) is 5.75 Å². The molecule has 0 aromatic heterocycles.